The van der Waals surface area contributed by atoms with Crippen LogP contribution in [-0.4, -0.2) is 40.8 Å². The van der Waals surface area contributed by atoms with Crippen molar-refractivity contribution in [1.29, 1.82) is 0 Å². The number of amides is 1. The molecule has 0 aliphatic carbocycles. The lowest BCUT2D eigenvalue weighted by Crippen LogP contribution is -2.39. The molecule has 0 saturated heterocycles. The highest BCUT2D eigenvalue weighted by Gasteiger charge is 2.27. The molecule has 0 saturated carbocycles. The van der Waals surface area contributed by atoms with Crippen molar-refractivity contribution in [2.24, 2.45) is 5.10 Å². The lowest BCUT2D eigenvalue weighted by Gasteiger charge is -2.24. The third-order valence-electron chi connectivity index (χ3n) is 5.59. The summed E-state index contributed by atoms with van der Waals surface area (Å²) in [6, 6.07) is 18.8. The van der Waals surface area contributed by atoms with E-state index < -0.39 is 22.5 Å². The second-order valence-corrected chi connectivity index (χ2v) is 10.0. The van der Waals surface area contributed by atoms with Gasteiger partial charge in [-0.1, -0.05) is 42.3 Å². The monoisotopic (exact) mass is 509 g/mol. The van der Waals surface area contributed by atoms with Gasteiger partial charge < -0.3 is 9.47 Å². The number of nitrogens with one attached hydrogen (secondary N) is 1. The van der Waals surface area contributed by atoms with E-state index in [0.29, 0.717) is 29.3 Å². The molecule has 190 valence electrons. The first-order chi connectivity index (χ1) is 17.2. The van der Waals surface area contributed by atoms with Gasteiger partial charge in [0.2, 0.25) is 0 Å². The number of carbonyl (C=O) groups is 1. The van der Waals surface area contributed by atoms with Gasteiger partial charge in [-0.05, 0) is 62.7 Å². The second-order valence-electron chi connectivity index (χ2n) is 8.18. The van der Waals surface area contributed by atoms with Crippen molar-refractivity contribution in [2.45, 2.75) is 32.1 Å². The summed E-state index contributed by atoms with van der Waals surface area (Å²) in [4.78, 5) is 13.0. The fourth-order valence-electron chi connectivity index (χ4n) is 3.52. The Hall–Kier alpha value is -3.85. The minimum atomic E-state index is -4.00. The Labute approximate surface area is 212 Å². The van der Waals surface area contributed by atoms with Gasteiger partial charge in [0.25, 0.3) is 15.9 Å². The van der Waals surface area contributed by atoms with Crippen LogP contribution >= 0.6 is 0 Å². The Kier molecular flexibility index (Phi) is 8.71. The predicted octanol–water partition coefficient (Wildman–Crippen LogP) is 4.45. The number of hydrazone groups is 1. The van der Waals surface area contributed by atoms with Crippen molar-refractivity contribution in [3.05, 3.63) is 83.4 Å². The SMILES string of the molecule is CC/C(=N/NC(=O)CN(c1ccc(C)cc1)S(=O)(=O)c1ccc(C)cc1)c1ccc(OC)c(OC)c1. The van der Waals surface area contributed by atoms with Crippen molar-refractivity contribution < 1.29 is 22.7 Å². The molecule has 0 radical (unpaired) electrons. The summed E-state index contributed by atoms with van der Waals surface area (Å²) in [7, 11) is -0.904. The van der Waals surface area contributed by atoms with Gasteiger partial charge in [0, 0.05) is 5.56 Å². The molecule has 0 aromatic heterocycles. The average Bonchev–Trinajstić information content (AvgIpc) is 2.88. The Morgan fingerprint density at radius 1 is 0.889 bits per heavy atom. The smallest absolute Gasteiger partial charge is 0.264 e. The summed E-state index contributed by atoms with van der Waals surface area (Å²) in [5.74, 6) is 0.547. The molecule has 3 rings (SSSR count). The molecule has 0 unspecified atom stereocenters. The van der Waals surface area contributed by atoms with Crippen LogP contribution in [0.1, 0.15) is 30.0 Å². The number of nitrogens with zero attached hydrogens (tertiary/aromatic N) is 2. The standard InChI is InChI=1S/C27H31N3O5S/c1-6-24(21-11-16-25(34-4)26(17-21)35-5)28-29-27(31)18-30(22-12-7-19(2)8-13-22)36(32,33)23-14-9-20(3)10-15-23/h7-17H,6,18H2,1-5H3,(H,29,31)/b28-24-. The van der Waals surface area contributed by atoms with Gasteiger partial charge in [-0.15, -0.1) is 0 Å². The number of anilines is 1. The van der Waals surface area contributed by atoms with Crippen molar-refractivity contribution in [3.8, 4) is 11.5 Å². The van der Waals surface area contributed by atoms with E-state index in [1.807, 2.05) is 26.8 Å². The quantitative estimate of drug-likeness (QED) is 0.322. The number of hydrogen-bond donors (Lipinski definition) is 1. The highest BCUT2D eigenvalue weighted by Crippen LogP contribution is 2.28. The van der Waals surface area contributed by atoms with Gasteiger partial charge in [0.15, 0.2) is 11.5 Å². The van der Waals surface area contributed by atoms with Gasteiger partial charge in [-0.2, -0.15) is 5.10 Å². The first kappa shape index (κ1) is 26.7. The number of carbonyl (C=O) groups excluding carboxylic acids is 1. The number of methoxy groups -OCH3 is 2. The summed E-state index contributed by atoms with van der Waals surface area (Å²) < 4.78 is 38.7. The van der Waals surface area contributed by atoms with Crippen molar-refractivity contribution in [3.63, 3.8) is 0 Å². The Morgan fingerprint density at radius 3 is 2.03 bits per heavy atom. The highest BCUT2D eigenvalue weighted by molar-refractivity contribution is 7.92. The van der Waals surface area contributed by atoms with E-state index in [0.717, 1.165) is 21.0 Å². The summed E-state index contributed by atoms with van der Waals surface area (Å²) in [5, 5.41) is 4.27. The van der Waals surface area contributed by atoms with E-state index in [1.54, 1.807) is 62.8 Å². The number of hydrogen-bond acceptors (Lipinski definition) is 6. The molecule has 0 aliphatic rings. The van der Waals surface area contributed by atoms with E-state index in [-0.39, 0.29) is 4.90 Å². The van der Waals surface area contributed by atoms with E-state index >= 15 is 0 Å². The molecule has 3 aromatic rings. The molecule has 36 heavy (non-hydrogen) atoms. The number of aryl methyl sites for hydroxylation is 2. The first-order valence-electron chi connectivity index (χ1n) is 11.4. The van der Waals surface area contributed by atoms with Gasteiger partial charge in [0.05, 0.1) is 30.5 Å². The van der Waals surface area contributed by atoms with Crippen LogP contribution in [0.15, 0.2) is 76.7 Å². The summed E-state index contributed by atoms with van der Waals surface area (Å²) in [6.07, 6.45) is 0.527. The first-order valence-corrected chi connectivity index (χ1v) is 12.9. The highest BCUT2D eigenvalue weighted by atomic mass is 32.2. The molecule has 1 N–H and O–H groups in total. The molecule has 0 bridgehead atoms. The largest absolute Gasteiger partial charge is 0.493 e. The van der Waals surface area contributed by atoms with Crippen LogP contribution in [0.4, 0.5) is 5.69 Å². The fourth-order valence-corrected chi connectivity index (χ4v) is 4.94. The molecule has 0 fully saturated rings. The van der Waals surface area contributed by atoms with Crippen LogP contribution in [0.5, 0.6) is 11.5 Å². The van der Waals surface area contributed by atoms with Gasteiger partial charge in [0.1, 0.15) is 6.54 Å². The maximum absolute atomic E-state index is 13.5. The zero-order chi connectivity index (χ0) is 26.3. The lowest BCUT2D eigenvalue weighted by molar-refractivity contribution is -0.119. The predicted molar refractivity (Wildman–Crippen MR) is 141 cm³/mol. The third-order valence-corrected chi connectivity index (χ3v) is 7.37. The molecule has 0 spiro atoms. The molecular weight excluding hydrogens is 478 g/mol. The Morgan fingerprint density at radius 2 is 1.47 bits per heavy atom. The summed E-state index contributed by atoms with van der Waals surface area (Å²) in [5.41, 5.74) is 6.16. The van der Waals surface area contributed by atoms with Crippen LogP contribution in [0.25, 0.3) is 0 Å². The van der Waals surface area contributed by atoms with Crippen molar-refractivity contribution in [2.75, 3.05) is 25.1 Å². The Balaban J connectivity index is 1.88. The minimum Gasteiger partial charge on any atom is -0.493 e. The lowest BCUT2D eigenvalue weighted by atomic mass is 10.1. The molecule has 0 heterocycles. The minimum absolute atomic E-state index is 0.101. The number of rotatable bonds is 10. The van der Waals surface area contributed by atoms with Crippen LogP contribution in [-0.2, 0) is 14.8 Å². The third kappa shape index (κ3) is 6.23. The number of sulfonamides is 1. The summed E-state index contributed by atoms with van der Waals surface area (Å²) in [6.45, 7) is 5.25. The number of benzene rings is 3. The van der Waals surface area contributed by atoms with Crippen LogP contribution < -0.4 is 19.2 Å². The molecule has 9 heteroatoms. The Bertz CT molecular complexity index is 1330. The van der Waals surface area contributed by atoms with Gasteiger partial charge in [-0.3, -0.25) is 9.10 Å². The maximum Gasteiger partial charge on any atom is 0.264 e. The van der Waals surface area contributed by atoms with Crippen molar-refractivity contribution in [1.82, 2.24) is 5.43 Å². The molecule has 0 atom stereocenters. The molecule has 0 aliphatic heterocycles. The topological polar surface area (TPSA) is 97.3 Å². The molecule has 8 nitrogen and oxygen atoms in total. The molecule has 3 aromatic carbocycles. The van der Waals surface area contributed by atoms with Crippen LogP contribution in [0, 0.1) is 13.8 Å². The van der Waals surface area contributed by atoms with E-state index in [9.17, 15) is 13.2 Å². The zero-order valence-electron chi connectivity index (χ0n) is 21.1. The molecule has 1 amide bonds. The van der Waals surface area contributed by atoms with E-state index in [1.165, 1.54) is 12.1 Å². The van der Waals surface area contributed by atoms with E-state index in [4.69, 9.17) is 9.47 Å². The van der Waals surface area contributed by atoms with Crippen LogP contribution in [0.2, 0.25) is 0 Å². The van der Waals surface area contributed by atoms with Gasteiger partial charge in [-0.25, -0.2) is 13.8 Å². The van der Waals surface area contributed by atoms with Crippen molar-refractivity contribution >= 4 is 27.3 Å². The molecular formula is C27H31N3O5S. The maximum atomic E-state index is 13.5. The zero-order valence-corrected chi connectivity index (χ0v) is 21.9. The van der Waals surface area contributed by atoms with Crippen LogP contribution in [0.3, 0.4) is 0 Å². The summed E-state index contributed by atoms with van der Waals surface area (Å²) >= 11 is 0. The second kappa shape index (κ2) is 11.7. The van der Waals surface area contributed by atoms with E-state index in [2.05, 4.69) is 10.5 Å². The van der Waals surface area contributed by atoms with Gasteiger partial charge >= 0.3 is 0 Å². The normalized spacial score (nSPS) is 11.6. The number of ether oxygens (including phenoxy) is 2. The fraction of sp³-hybridized carbons (Fsp3) is 0.259. The average molecular weight is 510 g/mol.